The topological polar surface area (TPSA) is 29.3 Å². The van der Waals surface area contributed by atoms with Gasteiger partial charge in [0.05, 0.1) is 5.69 Å². The zero-order valence-corrected chi connectivity index (χ0v) is 9.32. The summed E-state index contributed by atoms with van der Waals surface area (Å²) in [5.41, 5.74) is 7.98. The second-order valence-corrected chi connectivity index (χ2v) is 4.92. The van der Waals surface area contributed by atoms with Crippen LogP contribution in [0.4, 0.5) is 10.1 Å². The fourth-order valence-electron chi connectivity index (χ4n) is 3.06. The van der Waals surface area contributed by atoms with Crippen LogP contribution in [0.3, 0.4) is 0 Å². The fraction of sp³-hybridized carbons (Fsp3) is 0.538. The Bertz CT molecular complexity index is 405. The highest BCUT2D eigenvalue weighted by Gasteiger charge is 2.32. The highest BCUT2D eigenvalue weighted by molar-refractivity contribution is 5.58. The second kappa shape index (κ2) is 3.74. The van der Waals surface area contributed by atoms with Crippen LogP contribution in [0.1, 0.15) is 24.8 Å². The Morgan fingerprint density at radius 3 is 3.06 bits per heavy atom. The molecule has 2 N–H and O–H groups in total. The third-order valence-electron chi connectivity index (χ3n) is 3.86. The van der Waals surface area contributed by atoms with Crippen LogP contribution in [0.15, 0.2) is 18.2 Å². The predicted molar refractivity (Wildman–Crippen MR) is 63.1 cm³/mol. The van der Waals surface area contributed by atoms with Crippen LogP contribution in [0, 0.1) is 5.82 Å². The average Bonchev–Trinajstić information content (AvgIpc) is 2.29. The molecule has 2 aliphatic rings. The van der Waals surface area contributed by atoms with Crippen LogP contribution in [0.25, 0.3) is 0 Å². The maximum Gasteiger partial charge on any atom is 0.146 e. The first-order valence-corrected chi connectivity index (χ1v) is 6.05. The molecule has 1 aromatic carbocycles. The third-order valence-corrected chi connectivity index (χ3v) is 3.86. The summed E-state index contributed by atoms with van der Waals surface area (Å²) in [7, 11) is 0. The van der Waals surface area contributed by atoms with Gasteiger partial charge in [-0.2, -0.15) is 0 Å². The van der Waals surface area contributed by atoms with Crippen molar-refractivity contribution in [1.82, 2.24) is 0 Å². The van der Waals surface area contributed by atoms with E-state index in [9.17, 15) is 4.39 Å². The van der Waals surface area contributed by atoms with Crippen molar-refractivity contribution in [2.75, 3.05) is 11.4 Å². The predicted octanol–water partition coefficient (Wildman–Crippen LogP) is 2.07. The minimum atomic E-state index is -0.0716. The van der Waals surface area contributed by atoms with E-state index >= 15 is 0 Å². The Balaban J connectivity index is 1.99. The molecule has 0 amide bonds. The first-order chi connectivity index (χ1) is 7.75. The molecule has 86 valence electrons. The first-order valence-electron chi connectivity index (χ1n) is 6.05. The summed E-state index contributed by atoms with van der Waals surface area (Å²) in [6.45, 7) is 0.903. The molecule has 0 aliphatic carbocycles. The van der Waals surface area contributed by atoms with Crippen molar-refractivity contribution < 1.29 is 4.39 Å². The van der Waals surface area contributed by atoms with Crippen LogP contribution in [0.2, 0.25) is 0 Å². The minimum Gasteiger partial charge on any atom is -0.366 e. The Hall–Kier alpha value is -1.09. The lowest BCUT2D eigenvalue weighted by Gasteiger charge is -2.44. The number of nitrogens with zero attached hydrogens (tertiary/aromatic N) is 1. The average molecular weight is 220 g/mol. The maximum absolute atomic E-state index is 13.9. The van der Waals surface area contributed by atoms with E-state index < -0.39 is 0 Å². The molecule has 1 saturated heterocycles. The molecule has 2 heterocycles. The number of anilines is 1. The molecule has 0 bridgehead atoms. The van der Waals surface area contributed by atoms with Gasteiger partial charge in [0.15, 0.2) is 0 Å². The van der Waals surface area contributed by atoms with Crippen LogP contribution < -0.4 is 10.6 Å². The van der Waals surface area contributed by atoms with Gasteiger partial charge in [0.2, 0.25) is 0 Å². The number of benzene rings is 1. The van der Waals surface area contributed by atoms with Crippen molar-refractivity contribution in [2.24, 2.45) is 5.73 Å². The van der Waals surface area contributed by atoms with Gasteiger partial charge in [-0.15, -0.1) is 0 Å². The number of nitrogens with two attached hydrogens (primary N) is 1. The number of piperidine rings is 1. The van der Waals surface area contributed by atoms with E-state index in [1.807, 2.05) is 12.1 Å². The molecule has 16 heavy (non-hydrogen) atoms. The normalized spacial score (nSPS) is 28.5. The zero-order valence-electron chi connectivity index (χ0n) is 9.32. The number of halogens is 1. The Morgan fingerprint density at radius 2 is 2.19 bits per heavy atom. The van der Waals surface area contributed by atoms with Crippen molar-refractivity contribution in [3.05, 3.63) is 29.6 Å². The number of aryl methyl sites for hydroxylation is 1. The molecular formula is C13H17FN2. The largest absolute Gasteiger partial charge is 0.366 e. The summed E-state index contributed by atoms with van der Waals surface area (Å²) < 4.78 is 13.9. The highest BCUT2D eigenvalue weighted by atomic mass is 19.1. The monoisotopic (exact) mass is 220 g/mol. The van der Waals surface area contributed by atoms with Crippen LogP contribution in [-0.2, 0) is 6.42 Å². The fourth-order valence-corrected chi connectivity index (χ4v) is 3.06. The summed E-state index contributed by atoms with van der Waals surface area (Å²) in [5.74, 6) is -0.0716. The number of para-hydroxylation sites is 1. The van der Waals surface area contributed by atoms with Gasteiger partial charge in [0.1, 0.15) is 5.82 Å². The lowest BCUT2D eigenvalue weighted by molar-refractivity contribution is 0.379. The third kappa shape index (κ3) is 1.50. The Morgan fingerprint density at radius 1 is 1.31 bits per heavy atom. The second-order valence-electron chi connectivity index (χ2n) is 4.92. The van der Waals surface area contributed by atoms with Crippen molar-refractivity contribution in [1.29, 1.82) is 0 Å². The van der Waals surface area contributed by atoms with E-state index in [2.05, 4.69) is 4.90 Å². The molecule has 3 rings (SSSR count). The summed E-state index contributed by atoms with van der Waals surface area (Å²) in [5, 5.41) is 0. The van der Waals surface area contributed by atoms with Gasteiger partial charge in [-0.25, -0.2) is 4.39 Å². The summed E-state index contributed by atoms with van der Waals surface area (Å²) in [4.78, 5) is 2.23. The lowest BCUT2D eigenvalue weighted by atomic mass is 9.87. The van der Waals surface area contributed by atoms with E-state index in [0.717, 1.165) is 43.5 Å². The van der Waals surface area contributed by atoms with Crippen LogP contribution in [-0.4, -0.2) is 18.6 Å². The molecule has 2 aliphatic heterocycles. The van der Waals surface area contributed by atoms with Crippen molar-refractivity contribution in [3.63, 3.8) is 0 Å². The quantitative estimate of drug-likeness (QED) is 0.725. The van der Waals surface area contributed by atoms with E-state index in [-0.39, 0.29) is 5.82 Å². The summed E-state index contributed by atoms with van der Waals surface area (Å²) >= 11 is 0. The number of fused-ring (bicyclic) bond motifs is 3. The smallest absolute Gasteiger partial charge is 0.146 e. The molecule has 2 nitrogen and oxygen atoms in total. The molecule has 0 spiro atoms. The van der Waals surface area contributed by atoms with E-state index in [4.69, 9.17) is 5.73 Å². The standard InChI is InChI=1S/C13H17FN2/c14-12-3-1-2-9-4-5-11-8-10(15)6-7-16(11)13(9)12/h1-3,10-11H,4-8,15H2. The van der Waals surface area contributed by atoms with Gasteiger partial charge in [-0.1, -0.05) is 12.1 Å². The molecular weight excluding hydrogens is 203 g/mol. The molecule has 0 radical (unpaired) electrons. The maximum atomic E-state index is 13.9. The summed E-state index contributed by atoms with van der Waals surface area (Å²) in [6, 6.07) is 6.17. The van der Waals surface area contributed by atoms with Gasteiger partial charge in [0.25, 0.3) is 0 Å². The number of rotatable bonds is 0. The molecule has 2 unspecified atom stereocenters. The number of hydrogen-bond donors (Lipinski definition) is 1. The number of hydrogen-bond acceptors (Lipinski definition) is 2. The Kier molecular flexibility index (Phi) is 2.36. The molecule has 1 aromatic rings. The molecule has 1 fully saturated rings. The van der Waals surface area contributed by atoms with E-state index in [1.54, 1.807) is 6.07 Å². The van der Waals surface area contributed by atoms with Gasteiger partial charge >= 0.3 is 0 Å². The summed E-state index contributed by atoms with van der Waals surface area (Å²) in [6.07, 6.45) is 4.09. The highest BCUT2D eigenvalue weighted by Crippen LogP contribution is 2.36. The molecule has 2 atom stereocenters. The van der Waals surface area contributed by atoms with Gasteiger partial charge in [-0.3, -0.25) is 0 Å². The van der Waals surface area contributed by atoms with Gasteiger partial charge in [0, 0.05) is 18.6 Å². The Labute approximate surface area is 95.2 Å². The van der Waals surface area contributed by atoms with Crippen LogP contribution >= 0.6 is 0 Å². The van der Waals surface area contributed by atoms with Gasteiger partial charge in [-0.05, 0) is 37.3 Å². The van der Waals surface area contributed by atoms with E-state index in [1.165, 1.54) is 0 Å². The SMILES string of the molecule is NC1CCN2c3c(F)cccc3CCC2C1. The lowest BCUT2D eigenvalue weighted by Crippen LogP contribution is -2.49. The minimum absolute atomic E-state index is 0.0716. The van der Waals surface area contributed by atoms with Crippen molar-refractivity contribution in [2.45, 2.75) is 37.8 Å². The van der Waals surface area contributed by atoms with Crippen molar-refractivity contribution in [3.8, 4) is 0 Å². The van der Waals surface area contributed by atoms with Crippen molar-refractivity contribution >= 4 is 5.69 Å². The van der Waals surface area contributed by atoms with Gasteiger partial charge < -0.3 is 10.6 Å². The zero-order chi connectivity index (χ0) is 11.1. The molecule has 0 aromatic heterocycles. The van der Waals surface area contributed by atoms with E-state index in [0.29, 0.717) is 12.1 Å². The molecule has 3 heteroatoms. The first kappa shape index (κ1) is 10.1. The molecule has 0 saturated carbocycles. The van der Waals surface area contributed by atoms with Crippen LogP contribution in [0.5, 0.6) is 0 Å².